The number of anilines is 2. The van der Waals surface area contributed by atoms with Crippen LogP contribution in [-0.2, 0) is 13.1 Å². The Balaban J connectivity index is 1.35. The second-order valence-electron chi connectivity index (χ2n) is 8.00. The highest BCUT2D eigenvalue weighted by atomic mass is 32.3. The molecule has 11 nitrogen and oxygen atoms in total. The number of rotatable bonds is 7. The number of halogens is 1. The Morgan fingerprint density at radius 1 is 1.14 bits per heavy atom. The van der Waals surface area contributed by atoms with Crippen LogP contribution in [0, 0.1) is 17.1 Å². The zero-order valence-electron chi connectivity index (χ0n) is 18.6. The highest BCUT2D eigenvalue weighted by molar-refractivity contribution is 8.24. The van der Waals surface area contributed by atoms with Crippen molar-refractivity contribution >= 4 is 27.9 Å². The molecule has 1 fully saturated rings. The number of nitrogens with one attached hydrogen (secondary N) is 2. The van der Waals surface area contributed by atoms with Crippen molar-refractivity contribution in [2.75, 3.05) is 35.2 Å². The van der Waals surface area contributed by atoms with E-state index in [9.17, 15) is 18.7 Å². The van der Waals surface area contributed by atoms with E-state index in [0.717, 1.165) is 23.7 Å². The van der Waals surface area contributed by atoms with Crippen molar-refractivity contribution in [2.24, 2.45) is 5.16 Å². The lowest BCUT2D eigenvalue weighted by Gasteiger charge is -2.41. The van der Waals surface area contributed by atoms with Crippen LogP contribution >= 0.6 is 10.6 Å². The van der Waals surface area contributed by atoms with Gasteiger partial charge in [0.15, 0.2) is 5.69 Å². The standard InChI is InChI=1S/C22H24FN7O4S/c23-19-6-5-18(11-17(19)12-24)26-22(27-31)20-21(29-34-28-20)25-13-15-1-3-16(4-2-15)14-30-7-9-35(32,33)10-8-30/h1-6,11,31-33H,7-10,13-14H2,(H,25,29)(H,26,27). The van der Waals surface area contributed by atoms with E-state index in [-0.39, 0.29) is 22.9 Å². The monoisotopic (exact) mass is 501 g/mol. The number of nitriles is 1. The Bertz CT molecular complexity index is 1230. The summed E-state index contributed by atoms with van der Waals surface area (Å²) in [6.45, 7) is 2.44. The lowest BCUT2D eigenvalue weighted by molar-refractivity contribution is 0.278. The highest BCUT2D eigenvalue weighted by Gasteiger charge is 2.22. The van der Waals surface area contributed by atoms with Crippen LogP contribution in [-0.4, -0.2) is 60.0 Å². The molecular formula is C22H24FN7O4S. The predicted molar refractivity (Wildman–Crippen MR) is 129 cm³/mol. The second-order valence-corrected chi connectivity index (χ2v) is 10.4. The first-order valence-corrected chi connectivity index (χ1v) is 12.5. The minimum absolute atomic E-state index is 0.0993. The molecule has 0 radical (unpaired) electrons. The van der Waals surface area contributed by atoms with Gasteiger partial charge < -0.3 is 15.8 Å². The van der Waals surface area contributed by atoms with Gasteiger partial charge in [-0.1, -0.05) is 29.4 Å². The van der Waals surface area contributed by atoms with E-state index in [1.807, 2.05) is 24.3 Å². The van der Waals surface area contributed by atoms with Crippen molar-refractivity contribution < 1.29 is 23.3 Å². The van der Waals surface area contributed by atoms with Gasteiger partial charge in [0.2, 0.25) is 11.7 Å². The number of nitrogens with zero attached hydrogens (tertiary/aromatic N) is 5. The molecule has 1 aromatic heterocycles. The van der Waals surface area contributed by atoms with Gasteiger partial charge in [-0.05, 0) is 39.6 Å². The molecule has 4 rings (SSSR count). The Hall–Kier alpha value is -3.70. The number of hydrogen-bond acceptors (Lipinski definition) is 10. The molecular weight excluding hydrogens is 477 g/mol. The summed E-state index contributed by atoms with van der Waals surface area (Å²) in [6, 6.07) is 13.5. The third kappa shape index (κ3) is 6.25. The Kier molecular flexibility index (Phi) is 7.47. The molecule has 1 saturated heterocycles. The molecule has 2 heterocycles. The van der Waals surface area contributed by atoms with Crippen molar-refractivity contribution in [2.45, 2.75) is 13.1 Å². The maximum Gasteiger partial charge on any atom is 0.203 e. The van der Waals surface area contributed by atoms with Gasteiger partial charge in [-0.25, -0.2) is 9.02 Å². The minimum atomic E-state index is -2.40. The molecule has 1 aliphatic rings. The van der Waals surface area contributed by atoms with Crippen LogP contribution < -0.4 is 10.6 Å². The van der Waals surface area contributed by atoms with Crippen LogP contribution in [0.4, 0.5) is 15.9 Å². The van der Waals surface area contributed by atoms with E-state index >= 15 is 0 Å². The maximum atomic E-state index is 13.6. The van der Waals surface area contributed by atoms with Gasteiger partial charge >= 0.3 is 0 Å². The summed E-state index contributed by atoms with van der Waals surface area (Å²) in [4.78, 5) is 2.20. The molecule has 0 amide bonds. The topological polar surface area (TPSA) is 163 Å². The summed E-state index contributed by atoms with van der Waals surface area (Å²) in [5.41, 5.74) is 2.33. The molecule has 2 aromatic carbocycles. The maximum absolute atomic E-state index is 13.6. The normalized spacial score (nSPS) is 16.9. The van der Waals surface area contributed by atoms with Gasteiger partial charge in [-0.15, -0.1) is 0 Å². The van der Waals surface area contributed by atoms with Gasteiger partial charge in [-0.3, -0.25) is 14.0 Å². The van der Waals surface area contributed by atoms with Gasteiger partial charge in [0.25, 0.3) is 0 Å². The summed E-state index contributed by atoms with van der Waals surface area (Å²) in [5, 5.41) is 35.1. The third-order valence-corrected chi connectivity index (χ3v) is 7.19. The lowest BCUT2D eigenvalue weighted by atomic mass is 10.1. The van der Waals surface area contributed by atoms with Crippen molar-refractivity contribution in [3.05, 3.63) is 70.7 Å². The van der Waals surface area contributed by atoms with Crippen LogP contribution in [0.15, 0.2) is 52.2 Å². The number of amidine groups is 1. The van der Waals surface area contributed by atoms with Gasteiger partial charge in [0, 0.05) is 31.9 Å². The summed E-state index contributed by atoms with van der Waals surface area (Å²) in [5.74, 6) is 0.295. The average Bonchev–Trinajstić information content (AvgIpc) is 3.33. The number of oxime groups is 1. The van der Waals surface area contributed by atoms with Gasteiger partial charge in [0.05, 0.1) is 17.1 Å². The molecule has 3 aromatic rings. The van der Waals surface area contributed by atoms with Crippen molar-refractivity contribution in [3.63, 3.8) is 0 Å². The number of aromatic nitrogens is 2. The molecule has 0 spiro atoms. The van der Waals surface area contributed by atoms with E-state index in [2.05, 4.69) is 31.0 Å². The van der Waals surface area contributed by atoms with Gasteiger partial charge in [0.1, 0.15) is 11.9 Å². The highest BCUT2D eigenvalue weighted by Crippen LogP contribution is 2.40. The first-order valence-electron chi connectivity index (χ1n) is 10.7. The van der Waals surface area contributed by atoms with E-state index in [4.69, 9.17) is 9.89 Å². The van der Waals surface area contributed by atoms with Crippen LogP contribution in [0.3, 0.4) is 0 Å². The molecule has 0 unspecified atom stereocenters. The first-order chi connectivity index (χ1) is 16.9. The van der Waals surface area contributed by atoms with E-state index in [0.29, 0.717) is 36.8 Å². The molecule has 13 heteroatoms. The fraction of sp³-hybridized carbons (Fsp3) is 0.273. The molecule has 0 bridgehead atoms. The molecule has 5 N–H and O–H groups in total. The molecule has 1 aliphatic heterocycles. The molecule has 0 aliphatic carbocycles. The van der Waals surface area contributed by atoms with E-state index in [1.165, 1.54) is 12.1 Å². The molecule has 35 heavy (non-hydrogen) atoms. The van der Waals surface area contributed by atoms with Crippen LogP contribution in [0.5, 0.6) is 0 Å². The largest absolute Gasteiger partial charge is 0.409 e. The SMILES string of the molecule is N#Cc1cc(NC(=NO)c2nonc2NCc2ccc(CN3CCS(O)(O)CC3)cc2)ccc1F. The number of benzene rings is 2. The molecule has 0 saturated carbocycles. The van der Waals surface area contributed by atoms with E-state index < -0.39 is 16.4 Å². The fourth-order valence-corrected chi connectivity index (χ4v) is 4.85. The van der Waals surface area contributed by atoms with Crippen molar-refractivity contribution in [1.82, 2.24) is 15.2 Å². The first kappa shape index (κ1) is 24.4. The Morgan fingerprint density at radius 3 is 2.54 bits per heavy atom. The minimum Gasteiger partial charge on any atom is -0.409 e. The Morgan fingerprint density at radius 2 is 1.86 bits per heavy atom. The van der Waals surface area contributed by atoms with E-state index in [1.54, 1.807) is 6.07 Å². The van der Waals surface area contributed by atoms with Crippen molar-refractivity contribution in [1.29, 1.82) is 5.26 Å². The lowest BCUT2D eigenvalue weighted by Crippen LogP contribution is -2.37. The zero-order valence-corrected chi connectivity index (χ0v) is 19.4. The second kappa shape index (κ2) is 10.7. The van der Waals surface area contributed by atoms with Gasteiger partial charge in [-0.2, -0.15) is 15.9 Å². The van der Waals surface area contributed by atoms with Crippen LogP contribution in [0.2, 0.25) is 0 Å². The molecule has 0 atom stereocenters. The third-order valence-electron chi connectivity index (χ3n) is 5.52. The summed E-state index contributed by atoms with van der Waals surface area (Å²) >= 11 is 0. The summed E-state index contributed by atoms with van der Waals surface area (Å²) in [6.07, 6.45) is 0. The van der Waals surface area contributed by atoms with Crippen LogP contribution in [0.1, 0.15) is 22.4 Å². The quantitative estimate of drug-likeness (QED) is 0.140. The Labute approximate surface area is 202 Å². The fourth-order valence-electron chi connectivity index (χ4n) is 3.55. The average molecular weight is 502 g/mol. The van der Waals surface area contributed by atoms with Crippen LogP contribution in [0.25, 0.3) is 0 Å². The zero-order chi connectivity index (χ0) is 24.8. The smallest absolute Gasteiger partial charge is 0.203 e. The van der Waals surface area contributed by atoms with Crippen molar-refractivity contribution in [3.8, 4) is 6.07 Å². The summed E-state index contributed by atoms with van der Waals surface area (Å²) < 4.78 is 37.8. The predicted octanol–water partition coefficient (Wildman–Crippen LogP) is 3.51. The molecule has 184 valence electrons. The summed E-state index contributed by atoms with van der Waals surface area (Å²) in [7, 11) is -2.40. The number of hydrogen-bond donors (Lipinski definition) is 5.